The molecule has 0 aliphatic heterocycles. The van der Waals surface area contributed by atoms with Gasteiger partial charge in [-0.05, 0) is 52.1 Å². The third kappa shape index (κ3) is 5.52. The number of hydrogen-bond acceptors (Lipinski definition) is 4. The Morgan fingerprint density at radius 1 is 0.750 bits per heavy atom. The van der Waals surface area contributed by atoms with Gasteiger partial charge in [-0.2, -0.15) is 0 Å². The Bertz CT molecular complexity index is 2110. The fourth-order valence-corrected chi connectivity index (χ4v) is 5.46. The molecular formula is C38H30N3O2Pt-. The van der Waals surface area contributed by atoms with Crippen molar-refractivity contribution in [2.75, 3.05) is 0 Å². The first-order chi connectivity index (χ1) is 20.8. The Labute approximate surface area is 271 Å². The van der Waals surface area contributed by atoms with Crippen LogP contribution in [-0.4, -0.2) is 19.6 Å². The van der Waals surface area contributed by atoms with Crippen LogP contribution in [0.3, 0.4) is 0 Å². The Kier molecular flexibility index (Phi) is 7.83. The average Bonchev–Trinajstić information content (AvgIpc) is 3.35. The normalized spacial score (nSPS) is 11.4. The number of ether oxygens (including phenoxy) is 1. The van der Waals surface area contributed by atoms with Crippen molar-refractivity contribution in [3.63, 3.8) is 0 Å². The van der Waals surface area contributed by atoms with Gasteiger partial charge in [-0.15, -0.1) is 23.8 Å². The Balaban J connectivity index is 0.00000343. The molecule has 0 radical (unpaired) electrons. The number of aromatic hydroxyl groups is 1. The number of rotatable bonds is 5. The van der Waals surface area contributed by atoms with Gasteiger partial charge >= 0.3 is 0 Å². The summed E-state index contributed by atoms with van der Waals surface area (Å²) >= 11 is 0. The van der Waals surface area contributed by atoms with Crippen molar-refractivity contribution in [3.05, 3.63) is 133 Å². The topological polar surface area (TPSA) is 60.2 Å². The second-order valence-electron chi connectivity index (χ2n) is 11.6. The van der Waals surface area contributed by atoms with E-state index in [1.54, 1.807) is 12.3 Å². The Morgan fingerprint density at radius 2 is 1.52 bits per heavy atom. The molecule has 0 atom stereocenters. The predicted molar refractivity (Wildman–Crippen MR) is 173 cm³/mol. The summed E-state index contributed by atoms with van der Waals surface area (Å²) in [5, 5.41) is 12.8. The minimum atomic E-state index is 0. The van der Waals surface area contributed by atoms with E-state index in [1.807, 2.05) is 77.4 Å². The average molecular weight is 756 g/mol. The minimum absolute atomic E-state index is 0. The van der Waals surface area contributed by atoms with Crippen LogP contribution in [0.5, 0.6) is 17.4 Å². The maximum Gasteiger partial charge on any atom is 0.217 e. The number of benzene rings is 4. The van der Waals surface area contributed by atoms with Crippen molar-refractivity contribution in [2.24, 2.45) is 0 Å². The number of aromatic nitrogens is 3. The van der Waals surface area contributed by atoms with Crippen molar-refractivity contribution in [1.82, 2.24) is 14.5 Å². The quantitative estimate of drug-likeness (QED) is 0.178. The molecule has 0 aliphatic rings. The molecule has 0 bridgehead atoms. The summed E-state index contributed by atoms with van der Waals surface area (Å²) in [4.78, 5) is 9.53. The molecule has 220 valence electrons. The molecule has 0 fully saturated rings. The minimum Gasteiger partial charge on any atom is -0.506 e. The fraction of sp³-hybridized carbons (Fsp3) is 0.105. The molecule has 6 heteroatoms. The smallest absolute Gasteiger partial charge is 0.217 e. The molecule has 5 nitrogen and oxygen atoms in total. The Hall–Kier alpha value is -4.73. The van der Waals surface area contributed by atoms with E-state index in [-0.39, 0.29) is 32.2 Å². The van der Waals surface area contributed by atoms with E-state index in [2.05, 4.69) is 68.2 Å². The Morgan fingerprint density at radius 3 is 2.32 bits per heavy atom. The summed E-state index contributed by atoms with van der Waals surface area (Å²) in [6, 6.07) is 41.3. The maximum atomic E-state index is 10.7. The molecule has 44 heavy (non-hydrogen) atoms. The first kappa shape index (κ1) is 29.3. The van der Waals surface area contributed by atoms with E-state index >= 15 is 0 Å². The van der Waals surface area contributed by atoms with Gasteiger partial charge in [0.15, 0.2) is 0 Å². The first-order valence-electron chi connectivity index (χ1n) is 14.3. The molecule has 1 N–H and O–H groups in total. The standard InChI is InChI=1S/C38H30N3O2.Pt/c1-38(2,3)28-17-15-25(16-18-28)26-21-22-39-36(24-26)43-29-10-8-9-27(23-29)32-20-19-31-30-11-4-5-12-33(30)41(37(31)40-32)34-13-6-7-14-35(34)42;/h4-22,24,42H,1-3H3;/q-1;. The molecule has 0 saturated carbocycles. The van der Waals surface area contributed by atoms with E-state index in [4.69, 9.17) is 9.72 Å². The van der Waals surface area contributed by atoms with Crippen molar-refractivity contribution in [1.29, 1.82) is 0 Å². The molecule has 4 aromatic carbocycles. The molecule has 7 aromatic rings. The van der Waals surface area contributed by atoms with Gasteiger partial charge < -0.3 is 9.84 Å². The molecule has 0 saturated heterocycles. The second-order valence-corrected chi connectivity index (χ2v) is 11.6. The number of hydrogen-bond donors (Lipinski definition) is 1. The third-order valence-corrected chi connectivity index (χ3v) is 7.72. The van der Waals surface area contributed by atoms with Gasteiger partial charge in [0.25, 0.3) is 0 Å². The van der Waals surface area contributed by atoms with Crippen LogP contribution >= 0.6 is 0 Å². The van der Waals surface area contributed by atoms with Gasteiger partial charge in [0.2, 0.25) is 5.88 Å². The number of nitrogens with zero attached hydrogens (tertiary/aromatic N) is 3. The van der Waals surface area contributed by atoms with Gasteiger partial charge in [0.1, 0.15) is 11.4 Å². The number of para-hydroxylation sites is 3. The zero-order valence-electron chi connectivity index (χ0n) is 24.6. The number of phenolic OH excluding ortho intramolecular Hbond substituents is 1. The fourth-order valence-electron chi connectivity index (χ4n) is 5.46. The van der Waals surface area contributed by atoms with Crippen LogP contribution in [-0.2, 0) is 26.5 Å². The number of phenols is 1. The monoisotopic (exact) mass is 755 g/mol. The first-order valence-corrected chi connectivity index (χ1v) is 14.3. The van der Waals surface area contributed by atoms with E-state index in [9.17, 15) is 5.11 Å². The summed E-state index contributed by atoms with van der Waals surface area (Å²) < 4.78 is 8.20. The van der Waals surface area contributed by atoms with Crippen molar-refractivity contribution < 1.29 is 30.9 Å². The molecule has 0 unspecified atom stereocenters. The van der Waals surface area contributed by atoms with Crippen LogP contribution in [0.25, 0.3) is 50.0 Å². The predicted octanol–water partition coefficient (Wildman–Crippen LogP) is 9.50. The van der Waals surface area contributed by atoms with Crippen LogP contribution in [0.15, 0.2) is 121 Å². The summed E-state index contributed by atoms with van der Waals surface area (Å²) in [7, 11) is 0. The van der Waals surface area contributed by atoms with Gasteiger partial charge in [-0.1, -0.05) is 93.6 Å². The van der Waals surface area contributed by atoms with Crippen LogP contribution < -0.4 is 4.74 Å². The van der Waals surface area contributed by atoms with E-state index in [0.717, 1.165) is 44.3 Å². The molecule has 0 amide bonds. The van der Waals surface area contributed by atoms with Gasteiger partial charge in [-0.25, -0.2) is 4.98 Å². The van der Waals surface area contributed by atoms with Crippen LogP contribution in [0.2, 0.25) is 0 Å². The third-order valence-electron chi connectivity index (χ3n) is 7.72. The zero-order valence-corrected chi connectivity index (χ0v) is 26.8. The van der Waals surface area contributed by atoms with Gasteiger partial charge in [0, 0.05) is 49.9 Å². The second kappa shape index (κ2) is 11.7. The van der Waals surface area contributed by atoms with Gasteiger partial charge in [-0.3, -0.25) is 9.55 Å². The van der Waals surface area contributed by atoms with Crippen molar-refractivity contribution in [3.8, 4) is 45.5 Å². The zero-order chi connectivity index (χ0) is 29.6. The van der Waals surface area contributed by atoms with Crippen LogP contribution in [0.1, 0.15) is 26.3 Å². The summed E-state index contributed by atoms with van der Waals surface area (Å²) in [5.74, 6) is 1.24. The number of fused-ring (bicyclic) bond motifs is 3. The molecule has 3 heterocycles. The van der Waals surface area contributed by atoms with Gasteiger partial charge in [0.05, 0.1) is 11.2 Å². The van der Waals surface area contributed by atoms with E-state index < -0.39 is 0 Å². The summed E-state index contributed by atoms with van der Waals surface area (Å²) in [5.41, 5.74) is 7.49. The molecule has 0 spiro atoms. The molecule has 7 rings (SSSR count). The largest absolute Gasteiger partial charge is 0.506 e. The summed E-state index contributed by atoms with van der Waals surface area (Å²) in [6.45, 7) is 6.64. The SMILES string of the molecule is CC(C)(C)c1ccc(-c2ccnc(Oc3[c-]c(-c4ccc5c6ccccc6n(-c6ccccc6O)c5n4)ccc3)c2)cc1.[Pt]. The van der Waals surface area contributed by atoms with E-state index in [1.165, 1.54) is 5.56 Å². The van der Waals surface area contributed by atoms with Crippen molar-refractivity contribution in [2.45, 2.75) is 26.2 Å². The van der Waals surface area contributed by atoms with E-state index in [0.29, 0.717) is 17.3 Å². The van der Waals surface area contributed by atoms with Crippen molar-refractivity contribution >= 4 is 21.9 Å². The van der Waals surface area contributed by atoms with Crippen LogP contribution in [0, 0.1) is 6.07 Å². The summed E-state index contributed by atoms with van der Waals surface area (Å²) in [6.07, 6.45) is 1.76. The molecule has 0 aliphatic carbocycles. The molecule has 3 aromatic heterocycles. The molecular weight excluding hydrogens is 726 g/mol. The maximum absolute atomic E-state index is 10.7. The number of pyridine rings is 2. The van der Waals surface area contributed by atoms with Crippen LogP contribution in [0.4, 0.5) is 0 Å².